The fraction of sp³-hybridized carbons (Fsp3) is 0. The van der Waals surface area contributed by atoms with E-state index in [4.69, 9.17) is 23.2 Å². The quantitative estimate of drug-likeness (QED) is 0.543. The maximum absolute atomic E-state index is 5.41. The van der Waals surface area contributed by atoms with Gasteiger partial charge < -0.3 is 4.98 Å². The molecule has 0 aliphatic rings. The average Bonchev–Trinajstić information content (AvgIpc) is 2.59. The van der Waals surface area contributed by atoms with Gasteiger partial charge in [0.25, 0.3) is 0 Å². The van der Waals surface area contributed by atoms with Gasteiger partial charge in [-0.1, -0.05) is 11.6 Å². The summed E-state index contributed by atoms with van der Waals surface area (Å²) in [4.78, 5) is 10.1. The molecule has 0 bridgehead atoms. The number of aromatic amines is 1. The number of nitrogens with zero attached hydrogens (tertiary/aromatic N) is 2. The fourth-order valence-corrected chi connectivity index (χ4v) is 0.919. The van der Waals surface area contributed by atoms with E-state index in [9.17, 15) is 0 Å². The molecule has 1 N–H and O–H groups in total. The second kappa shape index (κ2) is 5.56. The minimum absolute atomic E-state index is 0.178. The Labute approximate surface area is 85.7 Å². The highest BCUT2D eigenvalue weighted by Crippen LogP contribution is 2.04. The molecule has 5 heteroatoms. The van der Waals surface area contributed by atoms with Crippen LogP contribution >= 0.6 is 23.2 Å². The summed E-state index contributed by atoms with van der Waals surface area (Å²) in [6, 6.07) is 5.45. The Balaban J connectivity index is 0.000000145. The maximum atomic E-state index is 5.41. The molecule has 0 atom stereocenters. The van der Waals surface area contributed by atoms with Crippen LogP contribution in [-0.2, 0) is 0 Å². The Bertz CT molecular complexity index is 300. The first-order valence-corrected chi connectivity index (χ1v) is 4.26. The minimum atomic E-state index is 0.178. The molecular formula is C8H7Cl2N3. The molecule has 0 saturated heterocycles. The normalized spacial score (nSPS) is 8.77. The van der Waals surface area contributed by atoms with Gasteiger partial charge in [-0.25, -0.2) is 9.97 Å². The number of H-pyrrole nitrogens is 1. The van der Waals surface area contributed by atoms with Crippen molar-refractivity contribution in [1.82, 2.24) is 15.0 Å². The standard InChI is InChI=1S/C4H2Cl2N2.C4H5N/c5-3-1-2-7-4(6)8-3;1-2-4-5-3-1/h1-2H;1-5H. The lowest BCUT2D eigenvalue weighted by molar-refractivity contribution is 1.17. The molecule has 0 saturated carbocycles. The van der Waals surface area contributed by atoms with Crippen molar-refractivity contribution < 1.29 is 0 Å². The number of aromatic nitrogens is 3. The van der Waals surface area contributed by atoms with E-state index in [1.165, 1.54) is 6.20 Å². The van der Waals surface area contributed by atoms with E-state index in [-0.39, 0.29) is 5.28 Å². The molecule has 2 aromatic heterocycles. The highest BCUT2D eigenvalue weighted by Gasteiger charge is 1.88. The third-order valence-electron chi connectivity index (χ3n) is 1.09. The number of hydrogen-bond donors (Lipinski definition) is 1. The van der Waals surface area contributed by atoms with Gasteiger partial charge in [0.1, 0.15) is 5.15 Å². The monoisotopic (exact) mass is 215 g/mol. The van der Waals surface area contributed by atoms with E-state index in [0.717, 1.165) is 0 Å². The molecule has 13 heavy (non-hydrogen) atoms. The predicted molar refractivity (Wildman–Crippen MR) is 52.8 cm³/mol. The van der Waals surface area contributed by atoms with Gasteiger partial charge in [-0.3, -0.25) is 0 Å². The number of nitrogens with one attached hydrogen (secondary N) is 1. The lowest BCUT2D eigenvalue weighted by Gasteiger charge is -1.85. The fourth-order valence-electron chi connectivity index (χ4n) is 0.592. The van der Waals surface area contributed by atoms with Crippen LogP contribution in [0.5, 0.6) is 0 Å². The van der Waals surface area contributed by atoms with Gasteiger partial charge in [0, 0.05) is 18.6 Å². The molecular weight excluding hydrogens is 209 g/mol. The molecule has 2 rings (SSSR count). The lowest BCUT2D eigenvalue weighted by atomic mass is 10.7. The summed E-state index contributed by atoms with van der Waals surface area (Å²) in [7, 11) is 0. The highest BCUT2D eigenvalue weighted by atomic mass is 35.5. The minimum Gasteiger partial charge on any atom is -0.368 e. The Hall–Kier alpha value is -1.06. The molecule has 0 fully saturated rings. The Morgan fingerprint density at radius 2 is 1.85 bits per heavy atom. The van der Waals surface area contributed by atoms with Crippen molar-refractivity contribution in [1.29, 1.82) is 0 Å². The van der Waals surface area contributed by atoms with E-state index < -0.39 is 0 Å². The van der Waals surface area contributed by atoms with Crippen LogP contribution in [0.1, 0.15) is 0 Å². The molecule has 0 amide bonds. The van der Waals surface area contributed by atoms with Crippen LogP contribution in [0.2, 0.25) is 10.4 Å². The third-order valence-corrected chi connectivity index (χ3v) is 1.48. The van der Waals surface area contributed by atoms with Gasteiger partial charge in [0.05, 0.1) is 0 Å². The van der Waals surface area contributed by atoms with Gasteiger partial charge >= 0.3 is 0 Å². The number of hydrogen-bond acceptors (Lipinski definition) is 2. The molecule has 2 aromatic rings. The lowest BCUT2D eigenvalue weighted by Crippen LogP contribution is -1.77. The van der Waals surface area contributed by atoms with E-state index >= 15 is 0 Å². The van der Waals surface area contributed by atoms with Crippen molar-refractivity contribution in [3.05, 3.63) is 47.2 Å². The molecule has 0 aliphatic carbocycles. The van der Waals surface area contributed by atoms with Crippen LogP contribution in [0.3, 0.4) is 0 Å². The van der Waals surface area contributed by atoms with E-state index in [2.05, 4.69) is 15.0 Å². The van der Waals surface area contributed by atoms with E-state index in [1.54, 1.807) is 6.07 Å². The van der Waals surface area contributed by atoms with Gasteiger partial charge in [0.15, 0.2) is 0 Å². The van der Waals surface area contributed by atoms with Crippen molar-refractivity contribution in [3.63, 3.8) is 0 Å². The number of halogens is 2. The van der Waals surface area contributed by atoms with Crippen LogP contribution in [0, 0.1) is 0 Å². The summed E-state index contributed by atoms with van der Waals surface area (Å²) in [6.07, 6.45) is 5.25. The molecule has 3 nitrogen and oxygen atoms in total. The predicted octanol–water partition coefficient (Wildman–Crippen LogP) is 2.80. The average molecular weight is 216 g/mol. The van der Waals surface area contributed by atoms with Gasteiger partial charge in [-0.2, -0.15) is 0 Å². The molecule has 0 spiro atoms. The SMILES string of the molecule is Clc1ccnc(Cl)n1.c1cc[nH]c1. The molecule has 0 radical (unpaired) electrons. The molecule has 68 valence electrons. The van der Waals surface area contributed by atoms with E-state index in [1.807, 2.05) is 24.5 Å². The smallest absolute Gasteiger partial charge is 0.223 e. The first kappa shape index (κ1) is 10.0. The summed E-state index contributed by atoms with van der Waals surface area (Å²) in [6.45, 7) is 0. The summed E-state index contributed by atoms with van der Waals surface area (Å²) in [5.74, 6) is 0. The van der Waals surface area contributed by atoms with Gasteiger partial charge in [0.2, 0.25) is 5.28 Å². The first-order chi connectivity index (χ1) is 6.29. The molecule has 0 aromatic carbocycles. The van der Waals surface area contributed by atoms with Crippen molar-refractivity contribution in [2.75, 3.05) is 0 Å². The molecule has 2 heterocycles. The zero-order valence-electron chi connectivity index (χ0n) is 6.61. The highest BCUT2D eigenvalue weighted by molar-refractivity contribution is 6.31. The van der Waals surface area contributed by atoms with Crippen LogP contribution in [0.15, 0.2) is 36.8 Å². The van der Waals surface area contributed by atoms with Crippen LogP contribution in [0.4, 0.5) is 0 Å². The zero-order chi connectivity index (χ0) is 9.52. The second-order valence-electron chi connectivity index (χ2n) is 2.03. The Morgan fingerprint density at radius 3 is 2.15 bits per heavy atom. The van der Waals surface area contributed by atoms with Gasteiger partial charge in [-0.15, -0.1) is 0 Å². The van der Waals surface area contributed by atoms with Crippen LogP contribution < -0.4 is 0 Å². The zero-order valence-corrected chi connectivity index (χ0v) is 8.13. The molecule has 0 unspecified atom stereocenters. The largest absolute Gasteiger partial charge is 0.368 e. The Kier molecular flexibility index (Phi) is 4.29. The first-order valence-electron chi connectivity index (χ1n) is 3.51. The van der Waals surface area contributed by atoms with Crippen molar-refractivity contribution in [3.8, 4) is 0 Å². The van der Waals surface area contributed by atoms with Crippen molar-refractivity contribution in [2.24, 2.45) is 0 Å². The van der Waals surface area contributed by atoms with Crippen LogP contribution in [-0.4, -0.2) is 15.0 Å². The summed E-state index contributed by atoms with van der Waals surface area (Å²) < 4.78 is 0. The maximum Gasteiger partial charge on any atom is 0.223 e. The summed E-state index contributed by atoms with van der Waals surface area (Å²) in [5, 5.41) is 0.544. The number of rotatable bonds is 0. The third kappa shape index (κ3) is 4.50. The summed E-state index contributed by atoms with van der Waals surface area (Å²) >= 11 is 10.7. The van der Waals surface area contributed by atoms with Crippen LogP contribution in [0.25, 0.3) is 0 Å². The van der Waals surface area contributed by atoms with Crippen molar-refractivity contribution in [2.45, 2.75) is 0 Å². The topological polar surface area (TPSA) is 41.6 Å². The van der Waals surface area contributed by atoms with E-state index in [0.29, 0.717) is 5.15 Å². The summed E-state index contributed by atoms with van der Waals surface area (Å²) in [5.41, 5.74) is 0. The van der Waals surface area contributed by atoms with Crippen molar-refractivity contribution >= 4 is 23.2 Å². The molecule has 0 aliphatic heterocycles. The Morgan fingerprint density at radius 1 is 1.15 bits per heavy atom. The second-order valence-corrected chi connectivity index (χ2v) is 2.76. The van der Waals surface area contributed by atoms with Gasteiger partial charge in [-0.05, 0) is 29.8 Å².